The average molecular weight is 732 g/mol. The Morgan fingerprint density at radius 1 is 0.863 bits per heavy atom. The molecule has 3 heterocycles. The highest BCUT2D eigenvalue weighted by Crippen LogP contribution is 2.45. The zero-order chi connectivity index (χ0) is 36.2. The Labute approximate surface area is 307 Å². The average Bonchev–Trinajstić information content (AvgIpc) is 3.40. The van der Waals surface area contributed by atoms with Crippen molar-refractivity contribution in [3.8, 4) is 0 Å². The monoisotopic (exact) mass is 730 g/mol. The summed E-state index contributed by atoms with van der Waals surface area (Å²) in [4.78, 5) is 55.9. The molecule has 3 aromatic carbocycles. The summed E-state index contributed by atoms with van der Waals surface area (Å²) in [6.45, 7) is 7.22. The third kappa shape index (κ3) is 6.44. The lowest BCUT2D eigenvalue weighted by Gasteiger charge is -2.38. The molecule has 11 heteroatoms. The first-order valence-corrected chi connectivity index (χ1v) is 18.6. The molecule has 0 radical (unpaired) electrons. The van der Waals surface area contributed by atoms with Gasteiger partial charge in [-0.1, -0.05) is 37.0 Å². The van der Waals surface area contributed by atoms with Gasteiger partial charge in [-0.05, 0) is 101 Å². The number of fused-ring (bicyclic) bond motifs is 4. The quantitative estimate of drug-likeness (QED) is 0.175. The van der Waals surface area contributed by atoms with Gasteiger partial charge in [-0.2, -0.15) is 0 Å². The number of carbonyl (C=O) groups excluding carboxylic acids is 3. The van der Waals surface area contributed by atoms with Crippen molar-refractivity contribution in [3.05, 3.63) is 96.0 Å². The largest absolute Gasteiger partial charge is 0.478 e. The summed E-state index contributed by atoms with van der Waals surface area (Å²) in [5, 5.41) is 13.7. The van der Waals surface area contributed by atoms with Crippen LogP contribution in [0.4, 0.5) is 5.69 Å². The molecule has 1 aliphatic carbocycles. The van der Waals surface area contributed by atoms with Gasteiger partial charge in [0.05, 0.1) is 15.6 Å². The van der Waals surface area contributed by atoms with Crippen LogP contribution < -0.4 is 20.1 Å². The summed E-state index contributed by atoms with van der Waals surface area (Å²) in [6.07, 6.45) is 6.44. The number of nitrogens with zero attached hydrogens (tertiary/aromatic N) is 3. The summed E-state index contributed by atoms with van der Waals surface area (Å²) in [5.41, 5.74) is 8.15. The van der Waals surface area contributed by atoms with Crippen molar-refractivity contribution in [3.63, 3.8) is 0 Å². The zero-order valence-electron chi connectivity index (χ0n) is 29.2. The lowest BCUT2D eigenvalue weighted by molar-refractivity contribution is -0.197. The van der Waals surface area contributed by atoms with Crippen molar-refractivity contribution < 1.29 is 29.1 Å². The lowest BCUT2D eigenvalue weighted by Crippen LogP contribution is -2.43. The van der Waals surface area contributed by atoms with Gasteiger partial charge >= 0.3 is 11.9 Å². The molecule has 0 saturated carbocycles. The molecular weight excluding hydrogens is 689 g/mol. The molecular formula is C40H42Cl2N3O6+. The summed E-state index contributed by atoms with van der Waals surface area (Å²) in [5.74, 6) is -2.57. The minimum atomic E-state index is -1.06. The SMILES string of the molecule is CN1CCCc2cc3c(cc21)C(C)(C)c1cc2c(cc1=C3c1cc(Cl)c(Cl)cc1C(=O)O)CCC[N+]=2CCCCCC(=O)ON1C(=O)CCC1=O. The van der Waals surface area contributed by atoms with Crippen LogP contribution in [0.2, 0.25) is 10.0 Å². The lowest BCUT2D eigenvalue weighted by atomic mass is 9.67. The van der Waals surface area contributed by atoms with Crippen LogP contribution in [0.5, 0.6) is 0 Å². The highest BCUT2D eigenvalue weighted by atomic mass is 35.5. The standard InChI is InChI=1S/C40H41Cl2N3O6/c1-40(2)29-21-33-23(9-7-14-43(33)3)17-27(29)38(25-19-31(41)32(42)20-26(25)39(49)50)28-18-24-10-8-16-44(34(24)22-30(28)40)15-6-4-5-11-37(48)51-45-35(46)12-13-36(45)47/h17-22H,4-16H2,1-3H3/p+1. The number of aromatic carboxylic acids is 1. The minimum Gasteiger partial charge on any atom is -0.478 e. The van der Waals surface area contributed by atoms with Crippen LogP contribution in [0, 0.1) is 0 Å². The maximum absolute atomic E-state index is 12.7. The number of anilines is 1. The van der Waals surface area contributed by atoms with Crippen LogP contribution >= 0.6 is 23.2 Å². The summed E-state index contributed by atoms with van der Waals surface area (Å²) < 4.78 is 2.42. The fourth-order valence-electron chi connectivity index (χ4n) is 8.27. The second-order valence-corrected chi connectivity index (χ2v) is 15.5. The van der Waals surface area contributed by atoms with Gasteiger partial charge in [-0.3, -0.25) is 9.59 Å². The molecule has 0 aromatic heterocycles. The predicted octanol–water partition coefficient (Wildman–Crippen LogP) is 5.57. The first kappa shape index (κ1) is 35.2. The molecule has 4 aliphatic rings. The number of amides is 2. The van der Waals surface area contributed by atoms with Gasteiger partial charge in [0, 0.05) is 68.4 Å². The van der Waals surface area contributed by atoms with E-state index in [0.29, 0.717) is 22.1 Å². The van der Waals surface area contributed by atoms with Crippen LogP contribution in [0.15, 0.2) is 36.4 Å². The number of carboxylic acids is 1. The molecule has 3 aliphatic heterocycles. The van der Waals surface area contributed by atoms with Crippen molar-refractivity contribution in [1.29, 1.82) is 0 Å². The number of benzene rings is 3. The molecule has 7 rings (SSSR count). The van der Waals surface area contributed by atoms with Gasteiger partial charge in [0.25, 0.3) is 11.8 Å². The smallest absolute Gasteiger partial charge is 0.336 e. The second kappa shape index (κ2) is 13.7. The van der Waals surface area contributed by atoms with Gasteiger partial charge in [-0.25, -0.2) is 14.2 Å². The molecule has 1 fully saturated rings. The second-order valence-electron chi connectivity index (χ2n) is 14.6. The normalized spacial score (nSPS) is 17.6. The number of imide groups is 1. The van der Waals surface area contributed by atoms with Crippen molar-refractivity contribution in [2.45, 2.75) is 83.5 Å². The topological polar surface area (TPSA) is 107 Å². The Morgan fingerprint density at radius 2 is 1.59 bits per heavy atom. The van der Waals surface area contributed by atoms with Crippen molar-refractivity contribution in [2.24, 2.45) is 0 Å². The first-order valence-electron chi connectivity index (χ1n) is 17.8. The number of rotatable bonds is 9. The third-order valence-corrected chi connectivity index (χ3v) is 11.7. The maximum atomic E-state index is 12.7. The molecule has 0 atom stereocenters. The fraction of sp³-hybridized carbons (Fsp3) is 0.425. The Bertz CT molecular complexity index is 2130. The van der Waals surface area contributed by atoms with E-state index in [1.54, 1.807) is 6.07 Å². The Hall–Kier alpha value is -4.21. The molecule has 1 N–H and O–H groups in total. The Balaban J connectivity index is 1.29. The molecule has 51 heavy (non-hydrogen) atoms. The Morgan fingerprint density at radius 3 is 2.33 bits per heavy atom. The molecule has 266 valence electrons. The highest BCUT2D eigenvalue weighted by molar-refractivity contribution is 6.42. The summed E-state index contributed by atoms with van der Waals surface area (Å²) in [6, 6.07) is 12.3. The number of aryl methyl sites for hydroxylation is 2. The molecule has 0 unspecified atom stereocenters. The number of carboxylic acid groups (broad SMARTS) is 1. The molecule has 2 amide bonds. The third-order valence-electron chi connectivity index (χ3n) is 11.0. The van der Waals surface area contributed by atoms with Gasteiger partial charge in [0.15, 0.2) is 0 Å². The zero-order valence-corrected chi connectivity index (χ0v) is 30.8. The molecule has 0 spiro atoms. The number of hydroxylamine groups is 2. The van der Waals surface area contributed by atoms with E-state index in [2.05, 4.69) is 54.6 Å². The van der Waals surface area contributed by atoms with Crippen molar-refractivity contribution >= 4 is 58.2 Å². The number of hydrogen-bond donors (Lipinski definition) is 1. The fourth-order valence-corrected chi connectivity index (χ4v) is 8.60. The van der Waals surface area contributed by atoms with E-state index >= 15 is 0 Å². The van der Waals surface area contributed by atoms with E-state index in [0.717, 1.165) is 85.6 Å². The molecule has 3 aromatic rings. The van der Waals surface area contributed by atoms with Gasteiger partial charge < -0.3 is 14.8 Å². The molecule has 9 nitrogen and oxygen atoms in total. The van der Waals surface area contributed by atoms with Crippen molar-refractivity contribution in [2.75, 3.05) is 31.6 Å². The van der Waals surface area contributed by atoms with E-state index in [1.165, 1.54) is 28.2 Å². The van der Waals surface area contributed by atoms with E-state index in [4.69, 9.17) is 28.0 Å². The van der Waals surface area contributed by atoms with Crippen LogP contribution in [0.3, 0.4) is 0 Å². The first-order chi connectivity index (χ1) is 24.3. The van der Waals surface area contributed by atoms with Crippen LogP contribution in [0.25, 0.3) is 5.57 Å². The highest BCUT2D eigenvalue weighted by Gasteiger charge is 2.38. The van der Waals surface area contributed by atoms with Gasteiger partial charge in [0.2, 0.25) is 5.36 Å². The number of halogens is 2. The van der Waals surface area contributed by atoms with Crippen LogP contribution in [-0.4, -0.2) is 60.6 Å². The number of unbranched alkanes of at least 4 members (excludes halogenated alkanes) is 2. The van der Waals surface area contributed by atoms with Gasteiger partial charge in [0.1, 0.15) is 13.1 Å². The maximum Gasteiger partial charge on any atom is 0.336 e. The van der Waals surface area contributed by atoms with E-state index in [1.807, 2.05) is 0 Å². The van der Waals surface area contributed by atoms with Crippen molar-refractivity contribution in [1.82, 2.24) is 9.64 Å². The van der Waals surface area contributed by atoms with E-state index < -0.39 is 29.2 Å². The van der Waals surface area contributed by atoms with E-state index in [-0.39, 0.29) is 29.8 Å². The van der Waals surface area contributed by atoms with Crippen LogP contribution in [0.1, 0.15) is 109 Å². The van der Waals surface area contributed by atoms with Crippen LogP contribution in [-0.2, 0) is 37.5 Å². The molecule has 0 bridgehead atoms. The van der Waals surface area contributed by atoms with E-state index in [9.17, 15) is 24.3 Å². The summed E-state index contributed by atoms with van der Waals surface area (Å²) >= 11 is 13.0. The van der Waals surface area contributed by atoms with Gasteiger partial charge in [-0.15, -0.1) is 5.06 Å². The number of hydrogen-bond acceptors (Lipinski definition) is 6. The number of carbonyl (C=O) groups is 4. The predicted molar refractivity (Wildman–Crippen MR) is 196 cm³/mol. The molecule has 1 saturated heterocycles. The summed E-state index contributed by atoms with van der Waals surface area (Å²) in [7, 11) is 2.13. The minimum absolute atomic E-state index is 0.0772. The Kier molecular flexibility index (Phi) is 9.48.